The van der Waals surface area contributed by atoms with Gasteiger partial charge >= 0.3 is 12.2 Å². The number of para-hydroxylation sites is 1. The van der Waals surface area contributed by atoms with Gasteiger partial charge in [0, 0.05) is 12.1 Å². The molecule has 0 saturated carbocycles. The quantitative estimate of drug-likeness (QED) is 0.696. The Bertz CT molecular complexity index is 920. The van der Waals surface area contributed by atoms with Crippen LogP contribution < -0.4 is 10.1 Å². The number of alkyl halides is 3. The minimum absolute atomic E-state index is 0.275. The number of carbonyl (C=O) groups is 2. The molecule has 0 spiro atoms. The first-order valence-corrected chi connectivity index (χ1v) is 9.36. The standard InChI is InChI=1S/C21H22F3N3O3/c1-3-30-17-12-8-7-9-15(17)13-26(2)14-27-18(28)20(21(22,23)24,25-19(27)29)16-10-5-4-6-11-16/h4-12H,3,13-14H2,1-2H3,(H,25,29). The highest BCUT2D eigenvalue weighted by molar-refractivity contribution is 6.08. The van der Waals surface area contributed by atoms with E-state index in [-0.39, 0.29) is 18.8 Å². The van der Waals surface area contributed by atoms with Crippen LogP contribution in [0, 0.1) is 0 Å². The van der Waals surface area contributed by atoms with E-state index in [0.717, 1.165) is 5.56 Å². The van der Waals surface area contributed by atoms with Crippen LogP contribution >= 0.6 is 0 Å². The van der Waals surface area contributed by atoms with Crippen LogP contribution in [-0.4, -0.2) is 48.2 Å². The Morgan fingerprint density at radius 3 is 2.33 bits per heavy atom. The number of amides is 3. The molecule has 30 heavy (non-hydrogen) atoms. The Hall–Kier alpha value is -3.07. The highest BCUT2D eigenvalue weighted by Crippen LogP contribution is 2.43. The highest BCUT2D eigenvalue weighted by Gasteiger charge is 2.68. The summed E-state index contributed by atoms with van der Waals surface area (Å²) in [6.07, 6.45) is -5.00. The van der Waals surface area contributed by atoms with E-state index in [4.69, 9.17) is 4.74 Å². The van der Waals surface area contributed by atoms with E-state index in [1.165, 1.54) is 30.3 Å². The van der Waals surface area contributed by atoms with E-state index in [0.29, 0.717) is 17.3 Å². The van der Waals surface area contributed by atoms with E-state index in [9.17, 15) is 22.8 Å². The van der Waals surface area contributed by atoms with Crippen molar-refractivity contribution in [1.29, 1.82) is 0 Å². The van der Waals surface area contributed by atoms with Crippen molar-refractivity contribution in [2.45, 2.75) is 25.2 Å². The SMILES string of the molecule is CCOc1ccccc1CN(C)CN1C(=O)NC(c2ccccc2)(C(F)(F)F)C1=O. The second-order valence-corrected chi connectivity index (χ2v) is 6.97. The van der Waals surface area contributed by atoms with Gasteiger partial charge in [-0.05, 0) is 25.6 Å². The Morgan fingerprint density at radius 2 is 1.70 bits per heavy atom. The molecule has 1 aliphatic heterocycles. The van der Waals surface area contributed by atoms with Crippen LogP contribution in [0.1, 0.15) is 18.1 Å². The molecular formula is C21H22F3N3O3. The molecule has 1 fully saturated rings. The lowest BCUT2D eigenvalue weighted by Crippen LogP contribution is -2.56. The number of ether oxygens (including phenoxy) is 1. The zero-order valence-corrected chi connectivity index (χ0v) is 16.6. The molecule has 1 N–H and O–H groups in total. The summed E-state index contributed by atoms with van der Waals surface area (Å²) in [6.45, 7) is 2.26. The van der Waals surface area contributed by atoms with Gasteiger partial charge in [-0.1, -0.05) is 48.5 Å². The smallest absolute Gasteiger partial charge is 0.425 e. The van der Waals surface area contributed by atoms with Gasteiger partial charge in [-0.25, -0.2) is 9.69 Å². The number of hydrogen-bond donors (Lipinski definition) is 1. The number of nitrogens with one attached hydrogen (secondary N) is 1. The third-order valence-corrected chi connectivity index (χ3v) is 4.83. The molecule has 9 heteroatoms. The zero-order valence-electron chi connectivity index (χ0n) is 16.6. The van der Waals surface area contributed by atoms with Gasteiger partial charge in [-0.2, -0.15) is 13.2 Å². The topological polar surface area (TPSA) is 61.9 Å². The summed E-state index contributed by atoms with van der Waals surface area (Å²) < 4.78 is 47.6. The number of carbonyl (C=O) groups excluding carboxylic acids is 2. The van der Waals surface area contributed by atoms with E-state index < -0.39 is 23.7 Å². The summed E-state index contributed by atoms with van der Waals surface area (Å²) in [7, 11) is 1.61. The highest BCUT2D eigenvalue weighted by atomic mass is 19.4. The molecule has 1 aliphatic rings. The first-order valence-electron chi connectivity index (χ1n) is 9.36. The Labute approximate surface area is 172 Å². The van der Waals surface area contributed by atoms with Gasteiger partial charge in [0.15, 0.2) is 0 Å². The Balaban J connectivity index is 1.84. The lowest BCUT2D eigenvalue weighted by Gasteiger charge is -2.30. The number of nitrogens with zero attached hydrogens (tertiary/aromatic N) is 2. The summed E-state index contributed by atoms with van der Waals surface area (Å²) in [5.74, 6) is -0.714. The normalized spacial score (nSPS) is 19.3. The Morgan fingerprint density at radius 1 is 1.07 bits per heavy atom. The van der Waals surface area contributed by atoms with Gasteiger partial charge in [0.2, 0.25) is 5.54 Å². The first-order chi connectivity index (χ1) is 14.2. The fraction of sp³-hybridized carbons (Fsp3) is 0.333. The van der Waals surface area contributed by atoms with Crippen LogP contribution in [0.25, 0.3) is 0 Å². The van der Waals surface area contributed by atoms with Crippen LogP contribution in [0.4, 0.5) is 18.0 Å². The maximum absolute atomic E-state index is 14.0. The first kappa shape index (κ1) is 21.6. The average molecular weight is 421 g/mol. The second kappa shape index (κ2) is 8.35. The molecule has 6 nitrogen and oxygen atoms in total. The molecular weight excluding hydrogens is 399 g/mol. The number of urea groups is 1. The largest absolute Gasteiger partial charge is 0.494 e. The number of benzene rings is 2. The van der Waals surface area contributed by atoms with E-state index in [1.807, 2.05) is 30.4 Å². The minimum Gasteiger partial charge on any atom is -0.494 e. The molecule has 3 rings (SSSR count). The van der Waals surface area contributed by atoms with Gasteiger partial charge < -0.3 is 10.1 Å². The fourth-order valence-corrected chi connectivity index (χ4v) is 3.46. The average Bonchev–Trinajstić information content (AvgIpc) is 2.96. The number of imide groups is 1. The third kappa shape index (κ3) is 3.85. The van der Waals surface area contributed by atoms with Gasteiger partial charge in [0.1, 0.15) is 5.75 Å². The van der Waals surface area contributed by atoms with Crippen molar-refractivity contribution in [2.24, 2.45) is 0 Å². The van der Waals surface area contributed by atoms with Gasteiger partial charge in [0.25, 0.3) is 5.91 Å². The molecule has 2 aromatic carbocycles. The van der Waals surface area contributed by atoms with Crippen LogP contribution in [0.3, 0.4) is 0 Å². The summed E-state index contributed by atoms with van der Waals surface area (Å²) in [5, 5.41) is 1.89. The summed E-state index contributed by atoms with van der Waals surface area (Å²) in [5.41, 5.74) is -2.64. The molecule has 1 heterocycles. The van der Waals surface area contributed by atoms with Crippen molar-refractivity contribution in [3.8, 4) is 5.75 Å². The molecule has 0 radical (unpaired) electrons. The van der Waals surface area contributed by atoms with Crippen molar-refractivity contribution in [3.05, 3.63) is 65.7 Å². The molecule has 1 atom stereocenters. The molecule has 3 amide bonds. The van der Waals surface area contributed by atoms with E-state index in [2.05, 4.69) is 0 Å². The van der Waals surface area contributed by atoms with Crippen molar-refractivity contribution in [2.75, 3.05) is 20.3 Å². The van der Waals surface area contributed by atoms with Crippen molar-refractivity contribution >= 4 is 11.9 Å². The molecule has 1 saturated heterocycles. The molecule has 0 aromatic heterocycles. The molecule has 0 aliphatic carbocycles. The Kier molecular flexibility index (Phi) is 6.02. The second-order valence-electron chi connectivity index (χ2n) is 6.97. The van der Waals surface area contributed by atoms with Crippen LogP contribution in [0.2, 0.25) is 0 Å². The third-order valence-electron chi connectivity index (χ3n) is 4.83. The maximum Gasteiger partial charge on any atom is 0.425 e. The van der Waals surface area contributed by atoms with Crippen LogP contribution in [0.15, 0.2) is 54.6 Å². The molecule has 1 unspecified atom stereocenters. The number of hydrogen-bond acceptors (Lipinski definition) is 4. The fourth-order valence-electron chi connectivity index (χ4n) is 3.46. The van der Waals surface area contributed by atoms with Crippen LogP contribution in [-0.2, 0) is 16.9 Å². The molecule has 2 aromatic rings. The van der Waals surface area contributed by atoms with Crippen molar-refractivity contribution in [1.82, 2.24) is 15.1 Å². The van der Waals surface area contributed by atoms with Crippen molar-refractivity contribution in [3.63, 3.8) is 0 Å². The van der Waals surface area contributed by atoms with Gasteiger partial charge in [-0.3, -0.25) is 9.69 Å². The monoisotopic (exact) mass is 421 g/mol. The number of rotatable bonds is 7. The van der Waals surface area contributed by atoms with Gasteiger partial charge in [-0.15, -0.1) is 0 Å². The summed E-state index contributed by atoms with van der Waals surface area (Å²) >= 11 is 0. The maximum atomic E-state index is 14.0. The lowest BCUT2D eigenvalue weighted by molar-refractivity contribution is -0.198. The lowest BCUT2D eigenvalue weighted by atomic mass is 9.89. The van der Waals surface area contributed by atoms with Gasteiger partial charge in [0.05, 0.1) is 13.3 Å². The van der Waals surface area contributed by atoms with Crippen LogP contribution in [0.5, 0.6) is 5.75 Å². The number of halogens is 3. The summed E-state index contributed by atoms with van der Waals surface area (Å²) in [4.78, 5) is 27.5. The molecule has 160 valence electrons. The minimum atomic E-state index is -5.00. The molecule has 0 bridgehead atoms. The summed E-state index contributed by atoms with van der Waals surface area (Å²) in [6, 6.07) is 12.8. The predicted molar refractivity (Wildman–Crippen MR) is 103 cm³/mol. The zero-order chi connectivity index (χ0) is 21.9. The van der Waals surface area contributed by atoms with E-state index >= 15 is 0 Å². The van der Waals surface area contributed by atoms with E-state index in [1.54, 1.807) is 18.0 Å². The van der Waals surface area contributed by atoms with Crippen molar-refractivity contribution < 1.29 is 27.5 Å². The predicted octanol–water partition coefficient (Wildman–Crippen LogP) is 3.48.